The molecule has 5 nitrogen and oxygen atoms in total. The van der Waals surface area contributed by atoms with Crippen LogP contribution in [0.3, 0.4) is 0 Å². The summed E-state index contributed by atoms with van der Waals surface area (Å²) in [6.07, 6.45) is 0. The number of ether oxygens (including phenoxy) is 2. The van der Waals surface area contributed by atoms with Crippen LogP contribution in [0.25, 0.3) is 10.9 Å². The molecule has 0 fully saturated rings. The van der Waals surface area contributed by atoms with Crippen molar-refractivity contribution >= 4 is 16.7 Å². The lowest BCUT2D eigenvalue weighted by atomic mass is 10.1. The minimum Gasteiger partial charge on any atom is -0.497 e. The molecule has 0 saturated carbocycles. The number of rotatable bonds is 7. The van der Waals surface area contributed by atoms with E-state index in [-0.39, 0.29) is 5.82 Å². The molecular formula is C21H24FN3O2. The number of benzene rings is 2. The second-order valence-corrected chi connectivity index (χ2v) is 6.53. The van der Waals surface area contributed by atoms with E-state index in [1.807, 2.05) is 37.2 Å². The van der Waals surface area contributed by atoms with Crippen LogP contribution in [0, 0.1) is 5.82 Å². The van der Waals surface area contributed by atoms with Crippen LogP contribution in [0.2, 0.25) is 0 Å². The molecule has 0 bridgehead atoms. The van der Waals surface area contributed by atoms with Gasteiger partial charge in [0.25, 0.3) is 0 Å². The number of hydrogen-bond donors (Lipinski definition) is 1. The van der Waals surface area contributed by atoms with Gasteiger partial charge in [0.1, 0.15) is 23.1 Å². The number of hydrogen-bond acceptors (Lipinski definition) is 5. The third-order valence-electron chi connectivity index (χ3n) is 4.32. The van der Waals surface area contributed by atoms with Crippen LogP contribution in [-0.2, 0) is 13.1 Å². The van der Waals surface area contributed by atoms with Crippen LogP contribution >= 0.6 is 0 Å². The maximum atomic E-state index is 13.5. The quantitative estimate of drug-likeness (QED) is 0.687. The Hall–Kier alpha value is -2.86. The first kappa shape index (κ1) is 18.9. The van der Waals surface area contributed by atoms with E-state index < -0.39 is 0 Å². The molecule has 1 N–H and O–H groups in total. The molecule has 0 aliphatic heterocycles. The van der Waals surface area contributed by atoms with E-state index in [9.17, 15) is 4.39 Å². The fraction of sp³-hybridized carbons (Fsp3) is 0.286. The monoisotopic (exact) mass is 369 g/mol. The largest absolute Gasteiger partial charge is 0.497 e. The highest BCUT2D eigenvalue weighted by Gasteiger charge is 2.10. The van der Waals surface area contributed by atoms with E-state index in [0.29, 0.717) is 18.6 Å². The highest BCUT2D eigenvalue weighted by molar-refractivity contribution is 5.81. The molecule has 0 amide bonds. The Balaban J connectivity index is 1.80. The van der Waals surface area contributed by atoms with E-state index in [0.717, 1.165) is 33.8 Å². The summed E-state index contributed by atoms with van der Waals surface area (Å²) in [5.74, 6) is 2.06. The molecule has 3 aromatic rings. The second kappa shape index (κ2) is 8.22. The molecule has 27 heavy (non-hydrogen) atoms. The third-order valence-corrected chi connectivity index (χ3v) is 4.32. The van der Waals surface area contributed by atoms with Crippen molar-refractivity contribution in [1.82, 2.24) is 10.3 Å². The van der Waals surface area contributed by atoms with Gasteiger partial charge in [-0.2, -0.15) is 0 Å². The number of pyridine rings is 1. The van der Waals surface area contributed by atoms with Gasteiger partial charge in [-0.1, -0.05) is 0 Å². The Bertz CT molecular complexity index is 922. The van der Waals surface area contributed by atoms with Crippen LogP contribution in [-0.4, -0.2) is 33.3 Å². The van der Waals surface area contributed by atoms with Crippen LogP contribution in [0.5, 0.6) is 11.5 Å². The fourth-order valence-corrected chi connectivity index (χ4v) is 3.00. The number of nitrogens with one attached hydrogen (secondary N) is 1. The van der Waals surface area contributed by atoms with Crippen molar-refractivity contribution in [3.8, 4) is 11.5 Å². The van der Waals surface area contributed by atoms with Crippen molar-refractivity contribution in [2.45, 2.75) is 13.1 Å². The smallest absolute Gasteiger partial charge is 0.133 e. The number of anilines is 1. The number of halogens is 1. The van der Waals surface area contributed by atoms with Gasteiger partial charge in [0.2, 0.25) is 0 Å². The summed E-state index contributed by atoms with van der Waals surface area (Å²) < 4.78 is 24.1. The molecule has 142 valence electrons. The van der Waals surface area contributed by atoms with E-state index in [2.05, 4.69) is 16.4 Å². The van der Waals surface area contributed by atoms with Crippen LogP contribution in [0.15, 0.2) is 42.5 Å². The van der Waals surface area contributed by atoms with Gasteiger partial charge in [-0.25, -0.2) is 9.37 Å². The van der Waals surface area contributed by atoms with Gasteiger partial charge >= 0.3 is 0 Å². The van der Waals surface area contributed by atoms with Gasteiger partial charge in [0.15, 0.2) is 0 Å². The summed E-state index contributed by atoms with van der Waals surface area (Å²) >= 11 is 0. The number of methoxy groups -OCH3 is 2. The molecule has 3 rings (SSSR count). The maximum Gasteiger partial charge on any atom is 0.133 e. The summed E-state index contributed by atoms with van der Waals surface area (Å²) in [7, 11) is 7.14. The predicted molar refractivity (Wildman–Crippen MR) is 106 cm³/mol. The van der Waals surface area contributed by atoms with Crippen molar-refractivity contribution in [3.63, 3.8) is 0 Å². The molecular weight excluding hydrogens is 345 g/mol. The molecule has 1 heterocycles. The van der Waals surface area contributed by atoms with Gasteiger partial charge in [-0.3, -0.25) is 0 Å². The van der Waals surface area contributed by atoms with Crippen molar-refractivity contribution < 1.29 is 13.9 Å². The molecule has 0 spiro atoms. The molecule has 0 saturated heterocycles. The molecule has 0 aliphatic rings. The summed E-state index contributed by atoms with van der Waals surface area (Å²) in [5, 5.41) is 4.36. The van der Waals surface area contributed by atoms with Crippen LogP contribution in [0.4, 0.5) is 10.2 Å². The topological polar surface area (TPSA) is 46.6 Å². The SMILES string of the molecule is COc1cc(CNCc2cc3ccc(F)cc3nc2N(C)C)cc(OC)c1. The van der Waals surface area contributed by atoms with Crippen molar-refractivity contribution in [1.29, 1.82) is 0 Å². The fourth-order valence-electron chi connectivity index (χ4n) is 3.00. The van der Waals surface area contributed by atoms with E-state index in [4.69, 9.17) is 9.47 Å². The Kier molecular flexibility index (Phi) is 5.76. The Morgan fingerprint density at radius 1 is 0.963 bits per heavy atom. The van der Waals surface area contributed by atoms with Crippen molar-refractivity contribution in [2.75, 3.05) is 33.2 Å². The minimum absolute atomic E-state index is 0.280. The average molecular weight is 369 g/mol. The van der Waals surface area contributed by atoms with Gasteiger partial charge in [-0.05, 0) is 35.9 Å². The van der Waals surface area contributed by atoms with Crippen molar-refractivity contribution in [2.24, 2.45) is 0 Å². The number of aromatic nitrogens is 1. The lowest BCUT2D eigenvalue weighted by Gasteiger charge is -2.18. The first-order chi connectivity index (χ1) is 13.0. The lowest BCUT2D eigenvalue weighted by molar-refractivity contribution is 0.393. The predicted octanol–water partition coefficient (Wildman–Crippen LogP) is 3.75. The first-order valence-electron chi connectivity index (χ1n) is 8.69. The average Bonchev–Trinajstić information content (AvgIpc) is 2.67. The summed E-state index contributed by atoms with van der Waals surface area (Å²) in [4.78, 5) is 6.56. The normalized spacial score (nSPS) is 10.9. The maximum absolute atomic E-state index is 13.5. The van der Waals surface area contributed by atoms with Gasteiger partial charge in [-0.15, -0.1) is 0 Å². The standard InChI is InChI=1S/C21H24FN3O2/c1-25(2)21-16(9-15-5-6-17(22)10-20(15)24-21)13-23-12-14-7-18(26-3)11-19(8-14)27-4/h5-11,23H,12-13H2,1-4H3. The summed E-state index contributed by atoms with van der Waals surface area (Å²) in [6.45, 7) is 1.29. The zero-order valence-corrected chi connectivity index (χ0v) is 16.0. The van der Waals surface area contributed by atoms with Crippen LogP contribution in [0.1, 0.15) is 11.1 Å². The number of nitrogens with zero attached hydrogens (tertiary/aromatic N) is 2. The molecule has 0 atom stereocenters. The molecule has 6 heteroatoms. The number of fused-ring (bicyclic) bond motifs is 1. The van der Waals surface area contributed by atoms with Gasteiger partial charge in [0, 0.05) is 50.3 Å². The Morgan fingerprint density at radius 2 is 1.67 bits per heavy atom. The van der Waals surface area contributed by atoms with Crippen molar-refractivity contribution in [3.05, 3.63) is 59.4 Å². The van der Waals surface area contributed by atoms with Crippen LogP contribution < -0.4 is 19.7 Å². The van der Waals surface area contributed by atoms with Gasteiger partial charge in [0.05, 0.1) is 19.7 Å². The van der Waals surface area contributed by atoms with Gasteiger partial charge < -0.3 is 19.7 Å². The highest BCUT2D eigenvalue weighted by Crippen LogP contribution is 2.24. The Labute approximate surface area is 158 Å². The van der Waals surface area contributed by atoms with E-state index in [1.54, 1.807) is 20.3 Å². The Morgan fingerprint density at radius 3 is 2.30 bits per heavy atom. The zero-order valence-electron chi connectivity index (χ0n) is 16.0. The van der Waals surface area contributed by atoms with E-state index >= 15 is 0 Å². The molecule has 0 aliphatic carbocycles. The summed E-state index contributed by atoms with van der Waals surface area (Å²) in [5.41, 5.74) is 2.77. The summed E-state index contributed by atoms with van der Waals surface area (Å²) in [6, 6.07) is 12.5. The zero-order chi connectivity index (χ0) is 19.4. The lowest BCUT2D eigenvalue weighted by Crippen LogP contribution is -2.18. The van der Waals surface area contributed by atoms with E-state index in [1.165, 1.54) is 12.1 Å². The minimum atomic E-state index is -0.280. The third kappa shape index (κ3) is 4.46. The molecule has 0 unspecified atom stereocenters. The second-order valence-electron chi connectivity index (χ2n) is 6.53. The molecule has 2 aromatic carbocycles. The molecule has 0 radical (unpaired) electrons. The molecule has 1 aromatic heterocycles. The first-order valence-corrected chi connectivity index (χ1v) is 8.69. The highest BCUT2D eigenvalue weighted by atomic mass is 19.1.